The van der Waals surface area contributed by atoms with Crippen molar-refractivity contribution in [2.45, 2.75) is 45.0 Å². The van der Waals surface area contributed by atoms with Crippen LogP contribution in [0.5, 0.6) is 11.6 Å². The average Bonchev–Trinajstić information content (AvgIpc) is 2.99. The quantitative estimate of drug-likeness (QED) is 0.180. The Morgan fingerprint density at radius 1 is 1.23 bits per heavy atom. The fraction of sp³-hybridized carbons (Fsp3) is 0.333. The highest BCUT2D eigenvalue weighted by Crippen LogP contribution is 2.45. The topological polar surface area (TPSA) is 121 Å². The molecule has 0 radical (unpaired) electrons. The zero-order chi connectivity index (χ0) is 24.9. The molecule has 182 valence electrons. The zero-order valence-corrected chi connectivity index (χ0v) is 20.4. The predicted molar refractivity (Wildman–Crippen MR) is 132 cm³/mol. The summed E-state index contributed by atoms with van der Waals surface area (Å²) in [6.45, 7) is 5.65. The van der Waals surface area contributed by atoms with Gasteiger partial charge in [0.15, 0.2) is 5.69 Å². The van der Waals surface area contributed by atoms with Crippen molar-refractivity contribution in [1.82, 2.24) is 15.2 Å². The number of ether oxygens (including phenoxy) is 2. The number of nitro benzene ring substituents is 1. The van der Waals surface area contributed by atoms with Gasteiger partial charge in [-0.2, -0.15) is 4.98 Å². The van der Waals surface area contributed by atoms with Crippen molar-refractivity contribution in [1.29, 1.82) is 0 Å². The summed E-state index contributed by atoms with van der Waals surface area (Å²) in [5.74, 6) is 1.06. The molecule has 0 spiro atoms. The Morgan fingerprint density at radius 3 is 2.74 bits per heavy atom. The van der Waals surface area contributed by atoms with E-state index in [-0.39, 0.29) is 17.5 Å². The largest absolute Gasteiger partial charge is 0.493 e. The van der Waals surface area contributed by atoms with E-state index in [1.54, 1.807) is 12.1 Å². The monoisotopic (exact) mass is 495 g/mol. The molecule has 1 aromatic heterocycles. The van der Waals surface area contributed by atoms with E-state index >= 15 is 0 Å². The van der Waals surface area contributed by atoms with Crippen LogP contribution in [0.15, 0.2) is 47.6 Å². The standard InChI is InChI=1S/C24H25N5O5S/c1-4-6-13-35-24-25-22-21(26-27-24)17-9-7-8-10-19(17)28(15(3)30)23(34-22)18-14-16(29(31)32)11-12-20(18)33-5-2/h7-12,14,23H,4-6,13H2,1-3H3. The Kier molecular flexibility index (Phi) is 7.45. The Labute approximate surface area is 206 Å². The highest BCUT2D eigenvalue weighted by atomic mass is 32.2. The first-order valence-corrected chi connectivity index (χ1v) is 12.3. The van der Waals surface area contributed by atoms with Crippen molar-refractivity contribution < 1.29 is 19.2 Å². The Hall–Kier alpha value is -3.73. The lowest BCUT2D eigenvalue weighted by molar-refractivity contribution is -0.385. The predicted octanol–water partition coefficient (Wildman–Crippen LogP) is 5.18. The molecule has 1 aliphatic heterocycles. The number of carbonyl (C=O) groups is 1. The van der Waals surface area contributed by atoms with E-state index in [1.807, 2.05) is 19.1 Å². The number of fused-ring (bicyclic) bond motifs is 3. The van der Waals surface area contributed by atoms with E-state index in [0.717, 1.165) is 18.6 Å². The summed E-state index contributed by atoms with van der Waals surface area (Å²) < 4.78 is 12.1. The molecule has 0 bridgehead atoms. The number of aromatic nitrogens is 3. The van der Waals surface area contributed by atoms with Crippen molar-refractivity contribution >= 4 is 29.0 Å². The fourth-order valence-corrected chi connectivity index (χ4v) is 4.61. The Bertz CT molecular complexity index is 1250. The molecule has 10 nitrogen and oxygen atoms in total. The number of para-hydroxylation sites is 1. The minimum absolute atomic E-state index is 0.148. The van der Waals surface area contributed by atoms with Crippen molar-refractivity contribution in [3.63, 3.8) is 0 Å². The average molecular weight is 496 g/mol. The summed E-state index contributed by atoms with van der Waals surface area (Å²) in [7, 11) is 0. The molecule has 1 amide bonds. The van der Waals surface area contributed by atoms with E-state index in [4.69, 9.17) is 9.47 Å². The van der Waals surface area contributed by atoms with E-state index in [1.165, 1.54) is 41.8 Å². The minimum atomic E-state index is -1.08. The summed E-state index contributed by atoms with van der Waals surface area (Å²) in [5.41, 5.74) is 1.72. The van der Waals surface area contributed by atoms with E-state index in [9.17, 15) is 14.9 Å². The highest BCUT2D eigenvalue weighted by Gasteiger charge is 2.37. The third kappa shape index (κ3) is 5.04. The number of carbonyl (C=O) groups excluding carboxylic acids is 1. The van der Waals surface area contributed by atoms with Crippen LogP contribution >= 0.6 is 11.8 Å². The van der Waals surface area contributed by atoms with Crippen molar-refractivity contribution in [3.05, 3.63) is 58.1 Å². The molecule has 1 aliphatic rings. The number of hydrogen-bond donors (Lipinski definition) is 0. The number of unbranched alkanes of at least 4 members (excludes halogenated alkanes) is 1. The van der Waals surface area contributed by atoms with E-state index in [0.29, 0.717) is 40.0 Å². The lowest BCUT2D eigenvalue weighted by atomic mass is 10.1. The SMILES string of the molecule is CCCCSc1nnc2c(n1)OC(c1cc([N+](=O)[O-])ccc1OCC)N(C(C)=O)c1ccccc1-2. The Morgan fingerprint density at radius 2 is 2.03 bits per heavy atom. The van der Waals surface area contributed by atoms with Crippen LogP contribution in [0.3, 0.4) is 0 Å². The summed E-state index contributed by atoms with van der Waals surface area (Å²) in [6.07, 6.45) is 0.959. The van der Waals surface area contributed by atoms with Crippen LogP contribution in [-0.4, -0.2) is 38.4 Å². The molecule has 1 atom stereocenters. The molecule has 0 aliphatic carbocycles. The van der Waals surface area contributed by atoms with Gasteiger partial charge in [0.1, 0.15) is 5.75 Å². The van der Waals surface area contributed by atoms with Gasteiger partial charge < -0.3 is 9.47 Å². The molecule has 0 saturated heterocycles. The second kappa shape index (κ2) is 10.7. The van der Waals surface area contributed by atoms with Crippen LogP contribution in [0.25, 0.3) is 11.3 Å². The molecule has 0 saturated carbocycles. The first kappa shape index (κ1) is 24.4. The number of benzene rings is 2. The van der Waals surface area contributed by atoms with Gasteiger partial charge >= 0.3 is 0 Å². The molecule has 0 N–H and O–H groups in total. The summed E-state index contributed by atoms with van der Waals surface area (Å²) in [4.78, 5) is 30.1. The second-order valence-electron chi connectivity index (χ2n) is 7.74. The molecular weight excluding hydrogens is 470 g/mol. The van der Waals surface area contributed by atoms with Crippen LogP contribution in [0.2, 0.25) is 0 Å². The van der Waals surface area contributed by atoms with Crippen LogP contribution in [0.1, 0.15) is 45.4 Å². The van der Waals surface area contributed by atoms with Crippen molar-refractivity contribution in [2.24, 2.45) is 0 Å². The van der Waals surface area contributed by atoms with Crippen molar-refractivity contribution in [3.8, 4) is 22.9 Å². The number of rotatable bonds is 8. The first-order valence-electron chi connectivity index (χ1n) is 11.3. The summed E-state index contributed by atoms with van der Waals surface area (Å²) >= 11 is 1.47. The number of hydrogen-bond acceptors (Lipinski definition) is 9. The number of nitro groups is 1. The van der Waals surface area contributed by atoms with Gasteiger partial charge in [0.05, 0.1) is 22.8 Å². The molecule has 2 heterocycles. The number of anilines is 1. The maximum absolute atomic E-state index is 13.0. The third-order valence-electron chi connectivity index (χ3n) is 5.35. The number of thioether (sulfide) groups is 1. The molecular formula is C24H25N5O5S. The van der Waals surface area contributed by atoms with Gasteiger partial charge in [-0.15, -0.1) is 10.2 Å². The van der Waals surface area contributed by atoms with Crippen LogP contribution in [0, 0.1) is 10.1 Å². The maximum atomic E-state index is 13.0. The number of amides is 1. The van der Waals surface area contributed by atoms with E-state index in [2.05, 4.69) is 22.1 Å². The van der Waals surface area contributed by atoms with Crippen LogP contribution in [-0.2, 0) is 4.79 Å². The molecule has 2 aromatic carbocycles. The zero-order valence-electron chi connectivity index (χ0n) is 19.6. The summed E-state index contributed by atoms with van der Waals surface area (Å²) in [5, 5.41) is 20.7. The second-order valence-corrected chi connectivity index (χ2v) is 8.80. The van der Waals surface area contributed by atoms with Crippen LogP contribution in [0.4, 0.5) is 11.4 Å². The van der Waals surface area contributed by atoms with Gasteiger partial charge in [-0.3, -0.25) is 19.8 Å². The molecule has 3 aromatic rings. The first-order chi connectivity index (χ1) is 16.9. The van der Waals surface area contributed by atoms with Gasteiger partial charge in [-0.1, -0.05) is 43.3 Å². The number of non-ortho nitro benzene ring substituents is 1. The van der Waals surface area contributed by atoms with Gasteiger partial charge in [0.25, 0.3) is 5.69 Å². The lowest BCUT2D eigenvalue weighted by Crippen LogP contribution is -2.36. The smallest absolute Gasteiger partial charge is 0.270 e. The van der Waals surface area contributed by atoms with Crippen molar-refractivity contribution in [2.75, 3.05) is 17.3 Å². The molecule has 11 heteroatoms. The fourth-order valence-electron chi connectivity index (χ4n) is 3.75. The summed E-state index contributed by atoms with van der Waals surface area (Å²) in [6, 6.07) is 11.4. The molecule has 35 heavy (non-hydrogen) atoms. The molecule has 0 fully saturated rings. The maximum Gasteiger partial charge on any atom is 0.270 e. The molecule has 1 unspecified atom stereocenters. The minimum Gasteiger partial charge on any atom is -0.493 e. The van der Waals surface area contributed by atoms with Gasteiger partial charge in [0.2, 0.25) is 23.2 Å². The third-order valence-corrected chi connectivity index (χ3v) is 6.27. The van der Waals surface area contributed by atoms with E-state index < -0.39 is 11.2 Å². The normalized spacial score (nSPS) is 14.4. The van der Waals surface area contributed by atoms with Gasteiger partial charge in [-0.05, 0) is 25.5 Å². The van der Waals surface area contributed by atoms with Crippen LogP contribution < -0.4 is 14.4 Å². The lowest BCUT2D eigenvalue weighted by Gasteiger charge is -2.30. The van der Waals surface area contributed by atoms with Gasteiger partial charge in [-0.25, -0.2) is 0 Å². The highest BCUT2D eigenvalue weighted by molar-refractivity contribution is 7.99. The Balaban J connectivity index is 1.92. The van der Waals surface area contributed by atoms with Gasteiger partial charge in [0, 0.05) is 30.4 Å². The number of nitrogens with zero attached hydrogens (tertiary/aromatic N) is 5. The molecule has 4 rings (SSSR count).